The Morgan fingerprint density at radius 3 is 2.62 bits per heavy atom. The summed E-state index contributed by atoms with van der Waals surface area (Å²) in [5, 5.41) is 0. The molecule has 1 aliphatic carbocycles. The fourth-order valence-corrected chi connectivity index (χ4v) is 2.95. The van der Waals surface area contributed by atoms with Gasteiger partial charge in [-0.3, -0.25) is 0 Å². The number of hydrogen-bond acceptors (Lipinski definition) is 1. The van der Waals surface area contributed by atoms with E-state index in [0.29, 0.717) is 0 Å². The van der Waals surface area contributed by atoms with Crippen LogP contribution in [-0.4, -0.2) is 42.5 Å². The van der Waals surface area contributed by atoms with E-state index >= 15 is 0 Å². The maximum Gasteiger partial charge on any atom is 0.319 e. The SMILES string of the molecule is CN1CCCN(CCC2CCCCC2)C1=O. The molecule has 0 unspecified atom stereocenters. The molecule has 2 fully saturated rings. The minimum atomic E-state index is 0.238. The lowest BCUT2D eigenvalue weighted by atomic mass is 9.87. The quantitative estimate of drug-likeness (QED) is 0.723. The van der Waals surface area contributed by atoms with Crippen LogP contribution in [0.4, 0.5) is 4.79 Å². The second kappa shape index (κ2) is 5.55. The van der Waals surface area contributed by atoms with Crippen molar-refractivity contribution in [2.24, 2.45) is 5.92 Å². The lowest BCUT2D eigenvalue weighted by Gasteiger charge is -2.34. The number of nitrogens with zero attached hydrogens (tertiary/aromatic N) is 2. The fraction of sp³-hybridized carbons (Fsp3) is 0.923. The maximum atomic E-state index is 11.8. The van der Waals surface area contributed by atoms with Gasteiger partial charge in [0.15, 0.2) is 0 Å². The number of carbonyl (C=O) groups excluding carboxylic acids is 1. The highest BCUT2D eigenvalue weighted by molar-refractivity contribution is 5.74. The minimum absolute atomic E-state index is 0.238. The minimum Gasteiger partial charge on any atom is -0.328 e. The van der Waals surface area contributed by atoms with Crippen molar-refractivity contribution in [2.75, 3.05) is 26.7 Å². The van der Waals surface area contributed by atoms with Crippen molar-refractivity contribution >= 4 is 6.03 Å². The Hall–Kier alpha value is -0.730. The van der Waals surface area contributed by atoms with Gasteiger partial charge in [-0.1, -0.05) is 32.1 Å². The number of urea groups is 1. The molecule has 0 N–H and O–H groups in total. The van der Waals surface area contributed by atoms with Gasteiger partial charge in [0.2, 0.25) is 0 Å². The third kappa shape index (κ3) is 2.89. The molecule has 0 bridgehead atoms. The molecule has 1 aliphatic heterocycles. The first-order valence-corrected chi connectivity index (χ1v) is 6.77. The van der Waals surface area contributed by atoms with E-state index in [1.807, 2.05) is 16.8 Å². The zero-order valence-corrected chi connectivity index (χ0v) is 10.5. The van der Waals surface area contributed by atoms with E-state index in [2.05, 4.69) is 0 Å². The van der Waals surface area contributed by atoms with Gasteiger partial charge >= 0.3 is 6.03 Å². The van der Waals surface area contributed by atoms with Crippen LogP contribution in [0.5, 0.6) is 0 Å². The summed E-state index contributed by atoms with van der Waals surface area (Å²) in [6.45, 7) is 2.88. The van der Waals surface area contributed by atoms with Crippen molar-refractivity contribution in [3.05, 3.63) is 0 Å². The number of rotatable bonds is 3. The van der Waals surface area contributed by atoms with Gasteiger partial charge in [0, 0.05) is 26.7 Å². The molecule has 1 heterocycles. The van der Waals surface area contributed by atoms with Crippen molar-refractivity contribution in [1.29, 1.82) is 0 Å². The first-order chi connectivity index (χ1) is 7.77. The van der Waals surface area contributed by atoms with Gasteiger partial charge in [-0.15, -0.1) is 0 Å². The Morgan fingerprint density at radius 2 is 1.88 bits per heavy atom. The van der Waals surface area contributed by atoms with Crippen LogP contribution < -0.4 is 0 Å². The molecule has 1 saturated carbocycles. The van der Waals surface area contributed by atoms with Crippen molar-refractivity contribution in [3.8, 4) is 0 Å². The molecule has 0 aromatic heterocycles. The third-order valence-electron chi connectivity index (χ3n) is 4.05. The predicted molar refractivity (Wildman–Crippen MR) is 65.4 cm³/mol. The van der Waals surface area contributed by atoms with E-state index in [4.69, 9.17) is 0 Å². The molecule has 3 heteroatoms. The van der Waals surface area contributed by atoms with Crippen LogP contribution in [0.15, 0.2) is 0 Å². The van der Waals surface area contributed by atoms with E-state index in [-0.39, 0.29) is 6.03 Å². The average molecular weight is 224 g/mol. The average Bonchev–Trinajstić information content (AvgIpc) is 2.32. The van der Waals surface area contributed by atoms with Gasteiger partial charge in [0.05, 0.1) is 0 Å². The van der Waals surface area contributed by atoms with E-state index in [1.165, 1.54) is 38.5 Å². The van der Waals surface area contributed by atoms with Gasteiger partial charge in [0.25, 0.3) is 0 Å². The molecule has 16 heavy (non-hydrogen) atoms. The first-order valence-electron chi connectivity index (χ1n) is 6.77. The Kier molecular flexibility index (Phi) is 4.08. The number of carbonyl (C=O) groups is 1. The maximum absolute atomic E-state index is 11.8. The molecule has 92 valence electrons. The summed E-state index contributed by atoms with van der Waals surface area (Å²) in [4.78, 5) is 15.7. The fourth-order valence-electron chi connectivity index (χ4n) is 2.95. The van der Waals surface area contributed by atoms with Crippen LogP contribution >= 0.6 is 0 Å². The summed E-state index contributed by atoms with van der Waals surface area (Å²) in [7, 11) is 1.91. The molecule has 2 aliphatic rings. The normalized spacial score (nSPS) is 23.9. The van der Waals surface area contributed by atoms with Crippen LogP contribution in [0, 0.1) is 5.92 Å². The van der Waals surface area contributed by atoms with Gasteiger partial charge in [0.1, 0.15) is 0 Å². The summed E-state index contributed by atoms with van der Waals surface area (Å²) < 4.78 is 0. The van der Waals surface area contributed by atoms with Crippen LogP contribution in [0.1, 0.15) is 44.9 Å². The second-order valence-corrected chi connectivity index (χ2v) is 5.34. The highest BCUT2D eigenvalue weighted by Crippen LogP contribution is 2.26. The molecule has 0 aromatic carbocycles. The second-order valence-electron chi connectivity index (χ2n) is 5.34. The van der Waals surface area contributed by atoms with Crippen LogP contribution in [-0.2, 0) is 0 Å². The van der Waals surface area contributed by atoms with Crippen molar-refractivity contribution in [2.45, 2.75) is 44.9 Å². The zero-order chi connectivity index (χ0) is 11.4. The van der Waals surface area contributed by atoms with Gasteiger partial charge in [-0.25, -0.2) is 4.79 Å². The number of amides is 2. The summed E-state index contributed by atoms with van der Waals surface area (Å²) in [5.41, 5.74) is 0. The highest BCUT2D eigenvalue weighted by atomic mass is 16.2. The summed E-state index contributed by atoms with van der Waals surface area (Å²) in [6, 6.07) is 0.238. The zero-order valence-electron chi connectivity index (χ0n) is 10.5. The summed E-state index contributed by atoms with van der Waals surface area (Å²) in [5.74, 6) is 0.883. The molecular formula is C13H24N2O. The molecular weight excluding hydrogens is 200 g/mol. The van der Waals surface area contributed by atoms with Crippen molar-refractivity contribution in [3.63, 3.8) is 0 Å². The standard InChI is InChI=1S/C13H24N2O/c1-14-9-5-10-15(13(14)16)11-8-12-6-3-2-4-7-12/h12H,2-11H2,1H3. The van der Waals surface area contributed by atoms with Crippen molar-refractivity contribution < 1.29 is 4.79 Å². The third-order valence-corrected chi connectivity index (χ3v) is 4.05. The van der Waals surface area contributed by atoms with Crippen LogP contribution in [0.25, 0.3) is 0 Å². The molecule has 1 saturated heterocycles. The lowest BCUT2D eigenvalue weighted by molar-refractivity contribution is 0.135. The molecule has 0 radical (unpaired) electrons. The molecule has 0 atom stereocenters. The molecule has 2 rings (SSSR count). The molecule has 3 nitrogen and oxygen atoms in total. The summed E-state index contributed by atoms with van der Waals surface area (Å²) >= 11 is 0. The lowest BCUT2D eigenvalue weighted by Crippen LogP contribution is -2.47. The molecule has 0 aromatic rings. The van der Waals surface area contributed by atoms with Gasteiger partial charge in [-0.05, 0) is 18.8 Å². The van der Waals surface area contributed by atoms with Crippen LogP contribution in [0.3, 0.4) is 0 Å². The Bertz CT molecular complexity index is 236. The Labute approximate surface area is 98.8 Å². The van der Waals surface area contributed by atoms with Crippen molar-refractivity contribution in [1.82, 2.24) is 9.80 Å². The smallest absolute Gasteiger partial charge is 0.319 e. The topological polar surface area (TPSA) is 23.6 Å². The number of hydrogen-bond donors (Lipinski definition) is 0. The summed E-state index contributed by atoms with van der Waals surface area (Å²) in [6.07, 6.45) is 9.35. The highest BCUT2D eigenvalue weighted by Gasteiger charge is 2.23. The largest absolute Gasteiger partial charge is 0.328 e. The first kappa shape index (κ1) is 11.7. The van der Waals surface area contributed by atoms with Gasteiger partial charge in [-0.2, -0.15) is 0 Å². The van der Waals surface area contributed by atoms with E-state index < -0.39 is 0 Å². The van der Waals surface area contributed by atoms with E-state index in [9.17, 15) is 4.79 Å². The van der Waals surface area contributed by atoms with E-state index in [0.717, 1.165) is 32.0 Å². The molecule has 2 amide bonds. The Morgan fingerprint density at radius 1 is 1.12 bits per heavy atom. The van der Waals surface area contributed by atoms with E-state index in [1.54, 1.807) is 0 Å². The Balaban J connectivity index is 1.73. The van der Waals surface area contributed by atoms with Gasteiger partial charge < -0.3 is 9.80 Å². The monoisotopic (exact) mass is 224 g/mol. The molecule has 0 spiro atoms. The predicted octanol–water partition coefficient (Wildman–Crippen LogP) is 2.71. The van der Waals surface area contributed by atoms with Crippen LogP contribution in [0.2, 0.25) is 0 Å².